The molecule has 0 atom stereocenters. The fourth-order valence-electron chi connectivity index (χ4n) is 10.0. The summed E-state index contributed by atoms with van der Waals surface area (Å²) in [6.45, 7) is 0. The molecular weight excluding hydrogens is 815 g/mol. The topological polar surface area (TPSA) is 38.9 Å². The van der Waals surface area contributed by atoms with E-state index in [0.717, 1.165) is 78.3 Å². The van der Waals surface area contributed by atoms with E-state index in [4.69, 9.17) is 9.97 Å². The first-order valence-corrected chi connectivity index (χ1v) is 22.7. The molecule has 13 aromatic rings. The average molecular weight is 856 g/mol. The van der Waals surface area contributed by atoms with Crippen molar-refractivity contribution in [2.75, 3.05) is 4.90 Å². The molecule has 0 aliphatic rings. The largest absolute Gasteiger partial charge is 0.309 e. The Bertz CT molecular complexity index is 3930. The van der Waals surface area contributed by atoms with Crippen molar-refractivity contribution in [2.24, 2.45) is 0 Å². The van der Waals surface area contributed by atoms with Crippen LogP contribution >= 0.6 is 0 Å². The third kappa shape index (κ3) is 6.55. The van der Waals surface area contributed by atoms with Crippen molar-refractivity contribution in [3.8, 4) is 45.1 Å². The molecule has 0 spiro atoms. The van der Waals surface area contributed by atoms with Gasteiger partial charge in [0.15, 0.2) is 5.82 Å². The van der Waals surface area contributed by atoms with Crippen LogP contribution in [0, 0.1) is 0 Å². The van der Waals surface area contributed by atoms with Crippen LogP contribution in [0.2, 0.25) is 0 Å². The highest BCUT2D eigenvalue weighted by molar-refractivity contribution is 6.11. The molecule has 0 N–H and O–H groups in total. The summed E-state index contributed by atoms with van der Waals surface area (Å²) in [5.74, 6) is 0.670. The van der Waals surface area contributed by atoms with Gasteiger partial charge in [0.1, 0.15) is 0 Å². The number of hydrogen-bond donors (Lipinski definition) is 0. The molecule has 5 heteroatoms. The van der Waals surface area contributed by atoms with E-state index < -0.39 is 0 Å². The van der Waals surface area contributed by atoms with Crippen molar-refractivity contribution in [2.45, 2.75) is 0 Å². The predicted octanol–water partition coefficient (Wildman–Crippen LogP) is 16.3. The second kappa shape index (κ2) is 15.9. The lowest BCUT2D eigenvalue weighted by atomic mass is 10.0. The fraction of sp³-hybridized carbons (Fsp3) is 0. The normalized spacial score (nSPS) is 11.6. The number of fused-ring (bicyclic) bond motifs is 7. The lowest BCUT2D eigenvalue weighted by Gasteiger charge is -2.29. The first kappa shape index (κ1) is 38.4. The number of para-hydroxylation sites is 4. The second-order valence-electron chi connectivity index (χ2n) is 17.1. The van der Waals surface area contributed by atoms with Crippen LogP contribution in [0.3, 0.4) is 0 Å². The van der Waals surface area contributed by atoms with Crippen LogP contribution in [-0.4, -0.2) is 19.1 Å². The molecule has 67 heavy (non-hydrogen) atoms. The maximum Gasteiger partial charge on any atom is 0.159 e. The third-order valence-corrected chi connectivity index (χ3v) is 13.1. The van der Waals surface area contributed by atoms with E-state index in [9.17, 15) is 0 Å². The summed E-state index contributed by atoms with van der Waals surface area (Å²) in [6, 6.07) is 86.8. The van der Waals surface area contributed by atoms with E-state index in [2.05, 4.69) is 238 Å². The van der Waals surface area contributed by atoms with Gasteiger partial charge in [0.05, 0.1) is 39.6 Å². The summed E-state index contributed by atoms with van der Waals surface area (Å²) in [5.41, 5.74) is 14.6. The number of aromatic nitrogens is 4. The van der Waals surface area contributed by atoms with Gasteiger partial charge in [-0.2, -0.15) is 0 Å². The number of anilines is 3. The summed E-state index contributed by atoms with van der Waals surface area (Å²) in [4.78, 5) is 12.9. The summed E-state index contributed by atoms with van der Waals surface area (Å²) in [7, 11) is 0. The monoisotopic (exact) mass is 855 g/mol. The van der Waals surface area contributed by atoms with Crippen LogP contribution in [-0.2, 0) is 0 Å². The first-order chi connectivity index (χ1) is 33.2. The minimum Gasteiger partial charge on any atom is -0.309 e. The van der Waals surface area contributed by atoms with E-state index in [-0.39, 0.29) is 0 Å². The summed E-state index contributed by atoms with van der Waals surface area (Å²) in [6.07, 6.45) is 2.00. The number of benzene rings is 10. The summed E-state index contributed by atoms with van der Waals surface area (Å²) >= 11 is 0. The van der Waals surface area contributed by atoms with E-state index in [1.807, 2.05) is 24.4 Å². The molecule has 0 fully saturated rings. The Morgan fingerprint density at radius 3 is 1.55 bits per heavy atom. The van der Waals surface area contributed by atoms with E-state index >= 15 is 0 Å². The van der Waals surface area contributed by atoms with Crippen LogP contribution in [0.5, 0.6) is 0 Å². The van der Waals surface area contributed by atoms with Gasteiger partial charge < -0.3 is 14.0 Å². The quantitative estimate of drug-likeness (QED) is 0.153. The molecular formula is C62H41N5. The third-order valence-electron chi connectivity index (χ3n) is 13.1. The lowest BCUT2D eigenvalue weighted by Crippen LogP contribution is -2.14. The van der Waals surface area contributed by atoms with Gasteiger partial charge in [0, 0.05) is 55.4 Å². The van der Waals surface area contributed by atoms with Gasteiger partial charge >= 0.3 is 0 Å². The Kier molecular flexibility index (Phi) is 9.10. The Morgan fingerprint density at radius 1 is 0.328 bits per heavy atom. The van der Waals surface area contributed by atoms with Crippen LogP contribution in [0.4, 0.5) is 17.1 Å². The molecule has 0 bridgehead atoms. The van der Waals surface area contributed by atoms with Gasteiger partial charge in [0.25, 0.3) is 0 Å². The average Bonchev–Trinajstić information content (AvgIpc) is 3.92. The maximum absolute atomic E-state index is 5.41. The van der Waals surface area contributed by atoms with Crippen LogP contribution in [0.15, 0.2) is 249 Å². The van der Waals surface area contributed by atoms with Gasteiger partial charge in [0.2, 0.25) is 0 Å². The van der Waals surface area contributed by atoms with E-state index in [1.54, 1.807) is 0 Å². The lowest BCUT2D eigenvalue weighted by molar-refractivity contribution is 1.13. The minimum absolute atomic E-state index is 0.670. The molecule has 3 heterocycles. The smallest absolute Gasteiger partial charge is 0.159 e. The highest BCUT2D eigenvalue weighted by Crippen LogP contribution is 2.45. The summed E-state index contributed by atoms with van der Waals surface area (Å²) < 4.78 is 4.81. The van der Waals surface area contributed by atoms with Crippen molar-refractivity contribution in [3.05, 3.63) is 249 Å². The molecule has 0 radical (unpaired) electrons. The molecule has 13 rings (SSSR count). The molecule has 0 saturated heterocycles. The van der Waals surface area contributed by atoms with Crippen LogP contribution in [0.25, 0.3) is 99.5 Å². The Hall–Kier alpha value is -9.06. The van der Waals surface area contributed by atoms with Gasteiger partial charge in [-0.05, 0) is 88.6 Å². The van der Waals surface area contributed by atoms with Crippen molar-refractivity contribution >= 4 is 71.4 Å². The second-order valence-corrected chi connectivity index (χ2v) is 17.1. The zero-order chi connectivity index (χ0) is 44.3. The van der Waals surface area contributed by atoms with Crippen LogP contribution < -0.4 is 4.90 Å². The Labute approximate surface area is 387 Å². The SMILES string of the molecule is c1ccc(-c2ncc(N(c3cc(-c4ccc5c6ccccc6n(-c6ccccc6)c5c4)cc(-n4c5ccccc5c5ccccc54)c3)c3ccc4ccccc4c3)c(-c3ccccc3)n2)cc1. The molecule has 0 amide bonds. The maximum atomic E-state index is 5.41. The molecule has 0 aliphatic carbocycles. The number of nitrogens with zero attached hydrogens (tertiary/aromatic N) is 5. The highest BCUT2D eigenvalue weighted by Gasteiger charge is 2.24. The number of rotatable bonds is 8. The zero-order valence-electron chi connectivity index (χ0n) is 36.4. The molecule has 5 nitrogen and oxygen atoms in total. The van der Waals surface area contributed by atoms with Crippen molar-refractivity contribution in [3.63, 3.8) is 0 Å². The molecule has 3 aromatic heterocycles. The predicted molar refractivity (Wildman–Crippen MR) is 279 cm³/mol. The van der Waals surface area contributed by atoms with Crippen molar-refractivity contribution in [1.82, 2.24) is 19.1 Å². The van der Waals surface area contributed by atoms with Gasteiger partial charge in [-0.1, -0.05) is 176 Å². The fourth-order valence-corrected chi connectivity index (χ4v) is 10.0. The molecule has 0 aliphatic heterocycles. The first-order valence-electron chi connectivity index (χ1n) is 22.7. The summed E-state index contributed by atoms with van der Waals surface area (Å²) in [5, 5.41) is 7.17. The molecule has 10 aromatic carbocycles. The van der Waals surface area contributed by atoms with Crippen LogP contribution in [0.1, 0.15) is 0 Å². The molecule has 314 valence electrons. The Morgan fingerprint density at radius 2 is 0.881 bits per heavy atom. The van der Waals surface area contributed by atoms with E-state index in [0.29, 0.717) is 5.82 Å². The standard InChI is InChI=1S/C62H41N5/c1-4-19-43(20-5-1)61-60(41-63-62(64-61)44-21-6-2-7-22-44)65(49-34-32-42-18-10-11-23-45(42)36-49)50-37-47(38-51(40-50)67-57-30-16-12-26-52(57)53-27-13-17-31-58(53)67)46-33-35-55-54-28-14-15-29-56(54)66(59(55)39-46)48-24-8-3-9-25-48/h1-41H. The Balaban J connectivity index is 1.12. The van der Waals surface area contributed by atoms with Crippen molar-refractivity contribution < 1.29 is 0 Å². The zero-order valence-corrected chi connectivity index (χ0v) is 36.4. The molecule has 0 saturated carbocycles. The van der Waals surface area contributed by atoms with Gasteiger partial charge in [-0.3, -0.25) is 0 Å². The van der Waals surface area contributed by atoms with Gasteiger partial charge in [-0.15, -0.1) is 0 Å². The highest BCUT2D eigenvalue weighted by atomic mass is 15.2. The minimum atomic E-state index is 0.670. The van der Waals surface area contributed by atoms with Gasteiger partial charge in [-0.25, -0.2) is 9.97 Å². The number of hydrogen-bond acceptors (Lipinski definition) is 3. The molecule has 0 unspecified atom stereocenters. The van der Waals surface area contributed by atoms with E-state index in [1.165, 1.54) is 32.4 Å². The van der Waals surface area contributed by atoms with Crippen molar-refractivity contribution in [1.29, 1.82) is 0 Å².